The predicted molar refractivity (Wildman–Crippen MR) is 82.6 cm³/mol. The van der Waals surface area contributed by atoms with E-state index in [1.807, 2.05) is 38.2 Å². The molecule has 0 aliphatic rings. The second-order valence-corrected chi connectivity index (χ2v) is 5.03. The molecule has 1 aromatic rings. The van der Waals surface area contributed by atoms with E-state index in [9.17, 15) is 17.6 Å². The molecule has 0 saturated carbocycles. The highest BCUT2D eigenvalue weighted by Crippen LogP contribution is 2.36. The van der Waals surface area contributed by atoms with Gasteiger partial charge in [-0.15, -0.1) is 0 Å². The fraction of sp³-hybridized carbons (Fsp3) is 0.444. The number of aryl methyl sites for hydroxylation is 2. The Morgan fingerprint density at radius 2 is 1.14 bits per heavy atom. The molecule has 0 saturated heterocycles. The summed E-state index contributed by atoms with van der Waals surface area (Å²) in [6, 6.07) is 3.14. The van der Waals surface area contributed by atoms with Crippen LogP contribution in [0.15, 0.2) is 36.4 Å². The van der Waals surface area contributed by atoms with Gasteiger partial charge in [-0.3, -0.25) is 0 Å². The second-order valence-electron chi connectivity index (χ2n) is 5.03. The van der Waals surface area contributed by atoms with Crippen molar-refractivity contribution in [2.75, 3.05) is 0 Å². The molecule has 0 atom stereocenters. The van der Waals surface area contributed by atoms with Crippen molar-refractivity contribution >= 4 is 0 Å². The van der Waals surface area contributed by atoms with Gasteiger partial charge < -0.3 is 0 Å². The molecule has 0 bridgehead atoms. The monoisotopic (exact) mass is 314 g/mol. The Balaban J connectivity index is 3.23. The van der Waals surface area contributed by atoms with Crippen LogP contribution in [0.5, 0.6) is 0 Å². The highest BCUT2D eigenvalue weighted by Gasteiger charge is 2.25. The van der Waals surface area contributed by atoms with Gasteiger partial charge in [-0.1, -0.05) is 36.4 Å². The Bertz CT molecular complexity index is 469. The Hall–Kier alpha value is -1.58. The van der Waals surface area contributed by atoms with Crippen molar-refractivity contribution in [2.24, 2.45) is 0 Å². The molecule has 1 rings (SSSR count). The number of rotatable bonds is 8. The highest BCUT2D eigenvalue weighted by atomic mass is 19.3. The molecule has 0 N–H and O–H groups in total. The summed E-state index contributed by atoms with van der Waals surface area (Å²) in [5, 5.41) is 0. The molecule has 122 valence electrons. The van der Waals surface area contributed by atoms with Crippen molar-refractivity contribution in [3.05, 3.63) is 58.7 Å². The number of halogens is 4. The minimum Gasteiger partial charge on any atom is -0.205 e. The number of benzene rings is 1. The maximum atomic E-state index is 13.4. The van der Waals surface area contributed by atoms with Gasteiger partial charge >= 0.3 is 0 Å². The van der Waals surface area contributed by atoms with E-state index < -0.39 is 24.0 Å². The molecule has 1 aromatic carbocycles. The van der Waals surface area contributed by atoms with Gasteiger partial charge in [0.05, 0.1) is 0 Å². The molecule has 0 nitrogen and oxygen atoms in total. The maximum absolute atomic E-state index is 13.4. The molecular weight excluding hydrogens is 292 g/mol. The third-order valence-electron chi connectivity index (χ3n) is 3.54. The first kappa shape index (κ1) is 18.5. The molecule has 0 unspecified atom stereocenters. The molecule has 0 aliphatic carbocycles. The lowest BCUT2D eigenvalue weighted by Crippen LogP contribution is -2.06. The molecule has 0 amide bonds. The Morgan fingerprint density at radius 1 is 0.773 bits per heavy atom. The molecule has 0 radical (unpaired) electrons. The third-order valence-corrected chi connectivity index (χ3v) is 3.54. The van der Waals surface area contributed by atoms with E-state index in [0.29, 0.717) is 36.8 Å². The normalized spacial score (nSPS) is 12.4. The van der Waals surface area contributed by atoms with Crippen LogP contribution in [0, 0.1) is 0 Å². The number of allylic oxidation sites excluding steroid dienone is 4. The maximum Gasteiger partial charge on any atom is 0.264 e. The van der Waals surface area contributed by atoms with E-state index in [1.54, 1.807) is 12.1 Å². The van der Waals surface area contributed by atoms with Crippen LogP contribution in [0.1, 0.15) is 61.8 Å². The van der Waals surface area contributed by atoms with E-state index in [1.165, 1.54) is 0 Å². The van der Waals surface area contributed by atoms with Gasteiger partial charge in [0.1, 0.15) is 0 Å². The topological polar surface area (TPSA) is 0 Å². The number of hydrogen-bond acceptors (Lipinski definition) is 0. The number of hydrogen-bond donors (Lipinski definition) is 0. The molecule has 22 heavy (non-hydrogen) atoms. The summed E-state index contributed by atoms with van der Waals surface area (Å²) >= 11 is 0. The van der Waals surface area contributed by atoms with E-state index in [4.69, 9.17) is 0 Å². The van der Waals surface area contributed by atoms with Crippen LogP contribution >= 0.6 is 0 Å². The van der Waals surface area contributed by atoms with Gasteiger partial charge in [-0.05, 0) is 50.7 Å². The lowest BCUT2D eigenvalue weighted by molar-refractivity contribution is 0.122. The molecule has 0 aliphatic heterocycles. The quantitative estimate of drug-likeness (QED) is 0.375. The summed E-state index contributed by atoms with van der Waals surface area (Å²) in [4.78, 5) is 0. The van der Waals surface area contributed by atoms with E-state index in [0.717, 1.165) is 0 Å². The first-order valence-corrected chi connectivity index (χ1v) is 7.46. The minimum atomic E-state index is -2.88. The molecule has 0 spiro atoms. The molecule has 0 aromatic heterocycles. The van der Waals surface area contributed by atoms with Gasteiger partial charge in [-0.2, -0.15) is 0 Å². The fourth-order valence-corrected chi connectivity index (χ4v) is 2.49. The minimum absolute atomic E-state index is 0.318. The zero-order valence-corrected chi connectivity index (χ0v) is 13.0. The van der Waals surface area contributed by atoms with Crippen LogP contribution in [-0.4, -0.2) is 0 Å². The van der Waals surface area contributed by atoms with Crippen molar-refractivity contribution in [1.82, 2.24) is 0 Å². The summed E-state index contributed by atoms with van der Waals surface area (Å²) in [6.07, 6.45) is 3.39. The SMILES string of the molecule is C/C=C/CCc1ccc(CC/C=C/C)c(C(F)F)c1C(F)F. The Kier molecular flexibility index (Phi) is 7.92. The van der Waals surface area contributed by atoms with Crippen molar-refractivity contribution in [1.29, 1.82) is 0 Å². The fourth-order valence-electron chi connectivity index (χ4n) is 2.49. The van der Waals surface area contributed by atoms with Crippen LogP contribution in [0.4, 0.5) is 17.6 Å². The second kappa shape index (κ2) is 9.44. The average molecular weight is 314 g/mol. The smallest absolute Gasteiger partial charge is 0.205 e. The zero-order chi connectivity index (χ0) is 16.5. The van der Waals surface area contributed by atoms with Crippen molar-refractivity contribution in [2.45, 2.75) is 52.4 Å². The molecule has 4 heteroatoms. The third kappa shape index (κ3) is 5.00. The van der Waals surface area contributed by atoms with Crippen molar-refractivity contribution in [3.63, 3.8) is 0 Å². The standard InChI is InChI=1S/C18H22F4/c1-3-5-7-9-13-11-12-14(10-8-6-4-2)16(18(21)22)15(13)17(19)20/h3-6,11-12,17-18H,7-10H2,1-2H3/b5-3+,6-4+. The first-order chi connectivity index (χ1) is 10.5. The highest BCUT2D eigenvalue weighted by molar-refractivity contribution is 5.43. The Labute approximate surface area is 129 Å². The summed E-state index contributed by atoms with van der Waals surface area (Å²) in [5.41, 5.74) is -0.314. The van der Waals surface area contributed by atoms with Crippen LogP contribution in [0.25, 0.3) is 0 Å². The molecular formula is C18H22F4. The van der Waals surface area contributed by atoms with Crippen LogP contribution in [-0.2, 0) is 12.8 Å². The van der Waals surface area contributed by atoms with E-state index in [-0.39, 0.29) is 0 Å². The lowest BCUT2D eigenvalue weighted by Gasteiger charge is -2.17. The van der Waals surface area contributed by atoms with Crippen LogP contribution < -0.4 is 0 Å². The van der Waals surface area contributed by atoms with Gasteiger partial charge in [0.2, 0.25) is 0 Å². The van der Waals surface area contributed by atoms with Gasteiger partial charge in [-0.25, -0.2) is 17.6 Å². The predicted octanol–water partition coefficient (Wildman–Crippen LogP) is 6.58. The molecule has 0 fully saturated rings. The van der Waals surface area contributed by atoms with Crippen LogP contribution in [0.3, 0.4) is 0 Å². The van der Waals surface area contributed by atoms with Gasteiger partial charge in [0.15, 0.2) is 0 Å². The van der Waals surface area contributed by atoms with Gasteiger partial charge in [0.25, 0.3) is 12.9 Å². The zero-order valence-electron chi connectivity index (χ0n) is 13.0. The Morgan fingerprint density at radius 3 is 1.41 bits per heavy atom. The van der Waals surface area contributed by atoms with Crippen molar-refractivity contribution < 1.29 is 17.6 Å². The van der Waals surface area contributed by atoms with Crippen molar-refractivity contribution in [3.8, 4) is 0 Å². The van der Waals surface area contributed by atoms with E-state index >= 15 is 0 Å². The first-order valence-electron chi connectivity index (χ1n) is 7.46. The largest absolute Gasteiger partial charge is 0.264 e. The van der Waals surface area contributed by atoms with Crippen LogP contribution in [0.2, 0.25) is 0 Å². The average Bonchev–Trinajstić information content (AvgIpc) is 2.47. The van der Waals surface area contributed by atoms with Gasteiger partial charge in [0, 0.05) is 11.1 Å². The summed E-state index contributed by atoms with van der Waals surface area (Å²) in [5.74, 6) is 0. The summed E-state index contributed by atoms with van der Waals surface area (Å²) < 4.78 is 53.4. The summed E-state index contributed by atoms with van der Waals surface area (Å²) in [7, 11) is 0. The van der Waals surface area contributed by atoms with E-state index in [2.05, 4.69) is 0 Å². The number of alkyl halides is 4. The lowest BCUT2D eigenvalue weighted by atomic mass is 9.91. The summed E-state index contributed by atoms with van der Waals surface area (Å²) in [6.45, 7) is 3.67. The molecule has 0 heterocycles.